The Hall–Kier alpha value is -1.81. The zero-order valence-electron chi connectivity index (χ0n) is 9.22. The first kappa shape index (κ1) is 11.7. The van der Waals surface area contributed by atoms with E-state index in [4.69, 9.17) is 16.7 Å². The van der Waals surface area contributed by atoms with Gasteiger partial charge in [-0.15, -0.1) is 0 Å². The molecule has 2 aromatic rings. The molecule has 1 aromatic heterocycles. The molecule has 0 saturated carbocycles. The third-order valence-corrected chi connectivity index (χ3v) is 2.75. The Bertz CT molecular complexity index is 546. The van der Waals surface area contributed by atoms with Crippen molar-refractivity contribution in [2.45, 2.75) is 13.3 Å². The molecule has 0 radical (unpaired) electrons. The molecule has 0 aliphatic rings. The van der Waals surface area contributed by atoms with Crippen molar-refractivity contribution in [3.8, 4) is 5.69 Å². The van der Waals surface area contributed by atoms with E-state index in [0.29, 0.717) is 10.7 Å². The fourth-order valence-electron chi connectivity index (χ4n) is 1.64. The predicted octanol–water partition coefficient (Wildman–Crippen LogP) is 2.46. The molecular weight excluding hydrogens is 240 g/mol. The summed E-state index contributed by atoms with van der Waals surface area (Å²) in [5.74, 6) is -0.871. The maximum Gasteiger partial charge on any atom is 0.309 e. The van der Waals surface area contributed by atoms with Gasteiger partial charge in [-0.25, -0.2) is 4.98 Å². The van der Waals surface area contributed by atoms with Gasteiger partial charge in [-0.05, 0) is 31.2 Å². The van der Waals surface area contributed by atoms with E-state index >= 15 is 0 Å². The molecule has 0 unspecified atom stereocenters. The molecule has 0 aliphatic heterocycles. The van der Waals surface area contributed by atoms with Crippen LogP contribution in [0.4, 0.5) is 0 Å². The summed E-state index contributed by atoms with van der Waals surface area (Å²) in [5, 5.41) is 9.51. The van der Waals surface area contributed by atoms with E-state index in [0.717, 1.165) is 11.4 Å². The molecule has 0 spiro atoms. The van der Waals surface area contributed by atoms with Crippen molar-refractivity contribution in [1.82, 2.24) is 9.55 Å². The first-order valence-corrected chi connectivity index (χ1v) is 5.46. The summed E-state index contributed by atoms with van der Waals surface area (Å²) in [6.45, 7) is 1.80. The van der Waals surface area contributed by atoms with Crippen molar-refractivity contribution in [2.24, 2.45) is 0 Å². The molecule has 0 aliphatic carbocycles. The summed E-state index contributed by atoms with van der Waals surface area (Å²) in [6, 6.07) is 7.18. The molecule has 0 saturated heterocycles. The van der Waals surface area contributed by atoms with Gasteiger partial charge in [0.25, 0.3) is 0 Å². The molecule has 0 atom stereocenters. The summed E-state index contributed by atoms with van der Waals surface area (Å²) in [5.41, 5.74) is 2.26. The SMILES string of the molecule is Cc1ncn(-c2ccc(Cl)cc2)c1CC(=O)O. The molecule has 4 nitrogen and oxygen atoms in total. The fraction of sp³-hybridized carbons (Fsp3) is 0.167. The minimum absolute atomic E-state index is 0.0472. The van der Waals surface area contributed by atoms with Crippen LogP contribution in [0, 0.1) is 6.92 Å². The summed E-state index contributed by atoms with van der Waals surface area (Å²) in [4.78, 5) is 14.9. The highest BCUT2D eigenvalue weighted by Gasteiger charge is 2.12. The van der Waals surface area contributed by atoms with Crippen LogP contribution in [0.2, 0.25) is 5.02 Å². The maximum absolute atomic E-state index is 10.8. The number of aromatic nitrogens is 2. The highest BCUT2D eigenvalue weighted by Crippen LogP contribution is 2.17. The van der Waals surface area contributed by atoms with Crippen LogP contribution in [0.1, 0.15) is 11.4 Å². The topological polar surface area (TPSA) is 55.1 Å². The van der Waals surface area contributed by atoms with Crippen molar-refractivity contribution in [3.05, 3.63) is 47.0 Å². The Kier molecular flexibility index (Phi) is 3.15. The number of imidazole rings is 1. The number of halogens is 1. The Balaban J connectivity index is 2.45. The number of nitrogens with zero attached hydrogens (tertiary/aromatic N) is 2. The highest BCUT2D eigenvalue weighted by molar-refractivity contribution is 6.30. The van der Waals surface area contributed by atoms with Gasteiger partial charge in [-0.3, -0.25) is 4.79 Å². The average Bonchev–Trinajstić information content (AvgIpc) is 2.61. The van der Waals surface area contributed by atoms with Crippen LogP contribution in [-0.4, -0.2) is 20.6 Å². The predicted molar refractivity (Wildman–Crippen MR) is 64.7 cm³/mol. The molecule has 1 heterocycles. The van der Waals surface area contributed by atoms with Crippen LogP contribution >= 0.6 is 11.6 Å². The van der Waals surface area contributed by atoms with Gasteiger partial charge in [0.15, 0.2) is 0 Å². The normalized spacial score (nSPS) is 10.5. The number of aliphatic carboxylic acids is 1. The zero-order chi connectivity index (χ0) is 12.4. The van der Waals surface area contributed by atoms with Crippen molar-refractivity contribution in [3.63, 3.8) is 0 Å². The average molecular weight is 251 g/mol. The minimum Gasteiger partial charge on any atom is -0.481 e. The van der Waals surface area contributed by atoms with Gasteiger partial charge in [-0.2, -0.15) is 0 Å². The Morgan fingerprint density at radius 2 is 2.06 bits per heavy atom. The minimum atomic E-state index is -0.871. The molecule has 0 amide bonds. The summed E-state index contributed by atoms with van der Waals surface area (Å²) in [7, 11) is 0. The standard InChI is InChI=1S/C12H11ClN2O2/c1-8-11(6-12(16)17)15(7-14-8)10-4-2-9(13)3-5-10/h2-5,7H,6H2,1H3,(H,16,17). The number of benzene rings is 1. The lowest BCUT2D eigenvalue weighted by Gasteiger charge is -2.07. The Labute approximate surface area is 103 Å². The van der Waals surface area contributed by atoms with Crippen LogP contribution in [0.15, 0.2) is 30.6 Å². The first-order chi connectivity index (χ1) is 8.08. The summed E-state index contributed by atoms with van der Waals surface area (Å²) < 4.78 is 1.76. The largest absolute Gasteiger partial charge is 0.481 e. The van der Waals surface area contributed by atoms with E-state index in [-0.39, 0.29) is 6.42 Å². The van der Waals surface area contributed by atoms with Crippen molar-refractivity contribution in [2.75, 3.05) is 0 Å². The van der Waals surface area contributed by atoms with Crippen molar-refractivity contribution < 1.29 is 9.90 Å². The molecule has 0 fully saturated rings. The molecule has 1 aromatic carbocycles. The van der Waals surface area contributed by atoms with Gasteiger partial charge in [0.1, 0.15) is 0 Å². The van der Waals surface area contributed by atoms with Gasteiger partial charge in [0, 0.05) is 10.7 Å². The Morgan fingerprint density at radius 3 is 2.65 bits per heavy atom. The number of carbonyl (C=O) groups is 1. The quantitative estimate of drug-likeness (QED) is 0.910. The molecule has 2 rings (SSSR count). The Morgan fingerprint density at radius 1 is 1.41 bits per heavy atom. The molecule has 0 bridgehead atoms. The summed E-state index contributed by atoms with van der Waals surface area (Å²) >= 11 is 5.81. The number of rotatable bonds is 3. The second-order valence-electron chi connectivity index (χ2n) is 3.69. The number of carboxylic acids is 1. The molecule has 88 valence electrons. The van der Waals surface area contributed by atoms with E-state index in [9.17, 15) is 4.79 Å². The van der Waals surface area contributed by atoms with Crippen LogP contribution in [0.3, 0.4) is 0 Å². The second kappa shape index (κ2) is 4.59. The second-order valence-corrected chi connectivity index (χ2v) is 4.13. The summed E-state index contributed by atoms with van der Waals surface area (Å²) in [6.07, 6.45) is 1.57. The van der Waals surface area contributed by atoms with E-state index in [1.165, 1.54) is 0 Å². The smallest absolute Gasteiger partial charge is 0.309 e. The highest BCUT2D eigenvalue weighted by atomic mass is 35.5. The van der Waals surface area contributed by atoms with E-state index in [1.54, 1.807) is 30.0 Å². The molecule has 1 N–H and O–H groups in total. The van der Waals surface area contributed by atoms with Crippen LogP contribution in [0.5, 0.6) is 0 Å². The van der Waals surface area contributed by atoms with Crippen LogP contribution < -0.4 is 0 Å². The van der Waals surface area contributed by atoms with Crippen molar-refractivity contribution >= 4 is 17.6 Å². The number of hydrogen-bond donors (Lipinski definition) is 1. The van der Waals surface area contributed by atoms with Gasteiger partial charge < -0.3 is 9.67 Å². The number of aryl methyl sites for hydroxylation is 1. The van der Waals surface area contributed by atoms with Gasteiger partial charge in [0.2, 0.25) is 0 Å². The monoisotopic (exact) mass is 250 g/mol. The van der Waals surface area contributed by atoms with Crippen LogP contribution in [0.25, 0.3) is 5.69 Å². The lowest BCUT2D eigenvalue weighted by atomic mass is 10.2. The molecule has 5 heteroatoms. The third kappa shape index (κ3) is 2.47. The van der Waals surface area contributed by atoms with E-state index < -0.39 is 5.97 Å². The zero-order valence-corrected chi connectivity index (χ0v) is 9.98. The number of carboxylic acid groups (broad SMARTS) is 1. The van der Waals surface area contributed by atoms with Gasteiger partial charge in [-0.1, -0.05) is 11.6 Å². The van der Waals surface area contributed by atoms with Gasteiger partial charge >= 0.3 is 5.97 Å². The van der Waals surface area contributed by atoms with E-state index in [2.05, 4.69) is 4.98 Å². The third-order valence-electron chi connectivity index (χ3n) is 2.50. The maximum atomic E-state index is 10.8. The number of hydrogen-bond acceptors (Lipinski definition) is 2. The molecule has 17 heavy (non-hydrogen) atoms. The van der Waals surface area contributed by atoms with Crippen LogP contribution in [-0.2, 0) is 11.2 Å². The van der Waals surface area contributed by atoms with E-state index in [1.807, 2.05) is 12.1 Å². The van der Waals surface area contributed by atoms with Crippen molar-refractivity contribution in [1.29, 1.82) is 0 Å². The van der Waals surface area contributed by atoms with Gasteiger partial charge in [0.05, 0.1) is 24.1 Å². The lowest BCUT2D eigenvalue weighted by molar-refractivity contribution is -0.136. The first-order valence-electron chi connectivity index (χ1n) is 5.08. The fourth-order valence-corrected chi connectivity index (χ4v) is 1.77. The molecular formula is C12H11ClN2O2. The lowest BCUT2D eigenvalue weighted by Crippen LogP contribution is -2.07.